The van der Waals surface area contributed by atoms with Gasteiger partial charge < -0.3 is 9.32 Å². The van der Waals surface area contributed by atoms with Gasteiger partial charge in [-0.2, -0.15) is 4.98 Å². The standard InChI is InChI=1S/C12H13ClN4O/c13-8-5-10-11(14-6-8)18-12(15-10)17-4-3-16-2-1-9(17)7-16/h5-6,9H,1-4,7H2. The van der Waals surface area contributed by atoms with Gasteiger partial charge in [0.25, 0.3) is 6.01 Å². The zero-order valence-electron chi connectivity index (χ0n) is 9.84. The molecule has 5 nitrogen and oxygen atoms in total. The summed E-state index contributed by atoms with van der Waals surface area (Å²) >= 11 is 5.91. The van der Waals surface area contributed by atoms with Gasteiger partial charge in [0.15, 0.2) is 0 Å². The normalized spacial score (nSPS) is 27.1. The molecule has 1 unspecified atom stereocenters. The van der Waals surface area contributed by atoms with Crippen LogP contribution in [0.3, 0.4) is 0 Å². The number of anilines is 1. The highest BCUT2D eigenvalue weighted by atomic mass is 35.5. The van der Waals surface area contributed by atoms with Gasteiger partial charge in [0.1, 0.15) is 5.52 Å². The van der Waals surface area contributed by atoms with Crippen LogP contribution < -0.4 is 4.90 Å². The van der Waals surface area contributed by atoms with Crippen molar-refractivity contribution >= 4 is 28.8 Å². The number of rotatable bonds is 1. The van der Waals surface area contributed by atoms with Crippen molar-refractivity contribution in [2.45, 2.75) is 12.5 Å². The Morgan fingerprint density at radius 3 is 3.22 bits per heavy atom. The van der Waals surface area contributed by atoms with E-state index in [1.807, 2.05) is 0 Å². The first kappa shape index (κ1) is 10.6. The first-order valence-electron chi connectivity index (χ1n) is 6.21. The minimum Gasteiger partial charge on any atom is -0.404 e. The summed E-state index contributed by atoms with van der Waals surface area (Å²) in [5, 5.41) is 0.591. The smallest absolute Gasteiger partial charge is 0.300 e. The van der Waals surface area contributed by atoms with E-state index in [4.69, 9.17) is 16.0 Å². The summed E-state index contributed by atoms with van der Waals surface area (Å²) in [6.07, 6.45) is 2.78. The van der Waals surface area contributed by atoms with Crippen molar-refractivity contribution in [1.29, 1.82) is 0 Å². The second-order valence-electron chi connectivity index (χ2n) is 4.91. The molecular formula is C12H13ClN4O. The van der Waals surface area contributed by atoms with Crippen molar-refractivity contribution in [2.24, 2.45) is 0 Å². The maximum atomic E-state index is 5.91. The summed E-state index contributed by atoms with van der Waals surface area (Å²) in [5.74, 6) is 0. The van der Waals surface area contributed by atoms with E-state index >= 15 is 0 Å². The maximum absolute atomic E-state index is 5.91. The molecule has 2 aromatic rings. The monoisotopic (exact) mass is 264 g/mol. The predicted octanol–water partition coefficient (Wildman–Crippen LogP) is 1.77. The van der Waals surface area contributed by atoms with Crippen molar-refractivity contribution in [3.8, 4) is 0 Å². The summed E-state index contributed by atoms with van der Waals surface area (Å²) < 4.78 is 5.74. The van der Waals surface area contributed by atoms with E-state index in [9.17, 15) is 0 Å². The summed E-state index contributed by atoms with van der Waals surface area (Å²) in [7, 11) is 0. The number of fused-ring (bicyclic) bond motifs is 3. The molecule has 4 heterocycles. The molecule has 0 amide bonds. The molecule has 0 aromatic carbocycles. The SMILES string of the molecule is Clc1cnc2oc(N3CC[N@@]4CCC3C4)nc2c1. The lowest BCUT2D eigenvalue weighted by Crippen LogP contribution is -2.46. The number of halogens is 1. The molecule has 2 aliphatic rings. The number of aromatic nitrogens is 2. The second kappa shape index (κ2) is 3.83. The maximum Gasteiger partial charge on any atom is 0.300 e. The molecule has 2 atom stereocenters. The van der Waals surface area contributed by atoms with Crippen LogP contribution in [-0.4, -0.2) is 47.1 Å². The lowest BCUT2D eigenvalue weighted by atomic mass is 10.2. The first-order valence-corrected chi connectivity index (χ1v) is 6.58. The number of pyridine rings is 1. The highest BCUT2D eigenvalue weighted by Gasteiger charge is 2.34. The van der Waals surface area contributed by atoms with Gasteiger partial charge in [0.2, 0.25) is 5.71 Å². The van der Waals surface area contributed by atoms with Crippen LogP contribution in [0.2, 0.25) is 5.02 Å². The van der Waals surface area contributed by atoms with Gasteiger partial charge in [-0.25, -0.2) is 4.98 Å². The molecule has 2 fully saturated rings. The Labute approximate surface area is 109 Å². The van der Waals surface area contributed by atoms with Crippen LogP contribution in [-0.2, 0) is 0 Å². The molecule has 0 spiro atoms. The second-order valence-corrected chi connectivity index (χ2v) is 5.35. The van der Waals surface area contributed by atoms with Crippen molar-refractivity contribution in [3.05, 3.63) is 17.3 Å². The van der Waals surface area contributed by atoms with Crippen molar-refractivity contribution in [2.75, 3.05) is 31.1 Å². The first-order chi connectivity index (χ1) is 8.79. The van der Waals surface area contributed by atoms with E-state index in [1.54, 1.807) is 12.3 Å². The third-order valence-corrected chi connectivity index (χ3v) is 4.00. The number of hydrogen-bond donors (Lipinski definition) is 0. The Hall–Kier alpha value is -1.33. The third kappa shape index (κ3) is 1.58. The minimum absolute atomic E-state index is 0.530. The Bertz CT molecular complexity index is 599. The fourth-order valence-corrected chi connectivity index (χ4v) is 3.02. The minimum atomic E-state index is 0.530. The Balaban J connectivity index is 1.73. The molecule has 2 bridgehead atoms. The van der Waals surface area contributed by atoms with Gasteiger partial charge in [0, 0.05) is 38.4 Å². The van der Waals surface area contributed by atoms with Crippen LogP contribution in [0.5, 0.6) is 0 Å². The van der Waals surface area contributed by atoms with E-state index < -0.39 is 0 Å². The molecule has 6 heteroatoms. The molecule has 2 saturated heterocycles. The van der Waals surface area contributed by atoms with Crippen LogP contribution in [0.25, 0.3) is 11.2 Å². The van der Waals surface area contributed by atoms with E-state index in [-0.39, 0.29) is 0 Å². The van der Waals surface area contributed by atoms with Crippen molar-refractivity contribution in [1.82, 2.24) is 14.9 Å². The molecule has 0 saturated carbocycles. The summed E-state index contributed by atoms with van der Waals surface area (Å²) in [6.45, 7) is 4.37. The van der Waals surface area contributed by atoms with Crippen molar-refractivity contribution < 1.29 is 4.42 Å². The molecule has 0 N–H and O–H groups in total. The van der Waals surface area contributed by atoms with Gasteiger partial charge in [0.05, 0.1) is 5.02 Å². The summed E-state index contributed by atoms with van der Waals surface area (Å²) in [4.78, 5) is 13.4. The molecular weight excluding hydrogens is 252 g/mol. The van der Waals surface area contributed by atoms with Gasteiger partial charge in [-0.3, -0.25) is 4.90 Å². The highest BCUT2D eigenvalue weighted by Crippen LogP contribution is 2.28. The predicted molar refractivity (Wildman–Crippen MR) is 69.0 cm³/mol. The Morgan fingerprint density at radius 2 is 2.28 bits per heavy atom. The van der Waals surface area contributed by atoms with Crippen LogP contribution in [0, 0.1) is 0 Å². The molecule has 0 radical (unpaired) electrons. The number of hydrogen-bond acceptors (Lipinski definition) is 5. The van der Waals surface area contributed by atoms with Gasteiger partial charge >= 0.3 is 0 Å². The zero-order chi connectivity index (χ0) is 12.1. The number of nitrogens with zero attached hydrogens (tertiary/aromatic N) is 4. The van der Waals surface area contributed by atoms with Crippen molar-refractivity contribution in [3.63, 3.8) is 0 Å². The quantitative estimate of drug-likeness (QED) is 0.786. The molecule has 0 aliphatic carbocycles. The van der Waals surface area contributed by atoms with E-state index in [1.165, 1.54) is 13.0 Å². The molecule has 2 aromatic heterocycles. The lowest BCUT2D eigenvalue weighted by molar-refractivity contribution is 0.304. The Kier molecular flexibility index (Phi) is 2.25. The van der Waals surface area contributed by atoms with E-state index in [0.29, 0.717) is 22.8 Å². The van der Waals surface area contributed by atoms with Crippen LogP contribution in [0.1, 0.15) is 6.42 Å². The highest BCUT2D eigenvalue weighted by molar-refractivity contribution is 6.30. The van der Waals surface area contributed by atoms with Crippen LogP contribution in [0.15, 0.2) is 16.7 Å². The van der Waals surface area contributed by atoms with Gasteiger partial charge in [-0.15, -0.1) is 0 Å². The molecule has 4 rings (SSSR count). The third-order valence-electron chi connectivity index (χ3n) is 3.79. The van der Waals surface area contributed by atoms with Crippen LogP contribution in [0.4, 0.5) is 6.01 Å². The number of oxazole rings is 1. The Morgan fingerprint density at radius 1 is 1.33 bits per heavy atom. The fourth-order valence-electron chi connectivity index (χ4n) is 2.86. The summed E-state index contributed by atoms with van der Waals surface area (Å²) in [5.41, 5.74) is 1.30. The largest absolute Gasteiger partial charge is 0.404 e. The fraction of sp³-hybridized carbons (Fsp3) is 0.500. The zero-order valence-corrected chi connectivity index (χ0v) is 10.6. The average Bonchev–Trinajstić information content (AvgIpc) is 2.94. The van der Waals surface area contributed by atoms with E-state index in [2.05, 4.69) is 19.8 Å². The summed E-state index contributed by atoms with van der Waals surface area (Å²) in [6, 6.07) is 3.01. The van der Waals surface area contributed by atoms with E-state index in [0.717, 1.165) is 25.2 Å². The lowest BCUT2D eigenvalue weighted by Gasteiger charge is -2.32. The molecule has 94 valence electrons. The van der Waals surface area contributed by atoms with Crippen LogP contribution >= 0.6 is 11.6 Å². The molecule has 2 aliphatic heterocycles. The van der Waals surface area contributed by atoms with Gasteiger partial charge in [-0.1, -0.05) is 11.6 Å². The average molecular weight is 265 g/mol. The molecule has 18 heavy (non-hydrogen) atoms. The van der Waals surface area contributed by atoms with Gasteiger partial charge in [-0.05, 0) is 12.5 Å². The topological polar surface area (TPSA) is 45.4 Å². The number of piperazine rings is 1.